The van der Waals surface area contributed by atoms with Gasteiger partial charge in [0.05, 0.1) is 12.8 Å². The van der Waals surface area contributed by atoms with Gasteiger partial charge in [0, 0.05) is 43.2 Å². The van der Waals surface area contributed by atoms with Crippen molar-refractivity contribution in [1.29, 1.82) is 0 Å². The van der Waals surface area contributed by atoms with Crippen LogP contribution in [0.1, 0.15) is 17.5 Å². The molecule has 1 aliphatic heterocycles. The first kappa shape index (κ1) is 20.7. The molecule has 5 rings (SSSR count). The van der Waals surface area contributed by atoms with Crippen LogP contribution < -0.4 is 10.1 Å². The van der Waals surface area contributed by atoms with Gasteiger partial charge in [0.2, 0.25) is 0 Å². The molecule has 2 aromatic carbocycles. The zero-order valence-corrected chi connectivity index (χ0v) is 18.8. The number of nitrogens with one attached hydrogen (secondary N) is 1. The van der Waals surface area contributed by atoms with Gasteiger partial charge in [0.1, 0.15) is 11.4 Å². The van der Waals surface area contributed by atoms with Gasteiger partial charge >= 0.3 is 0 Å². The average Bonchev–Trinajstić information content (AvgIpc) is 3.09. The Morgan fingerprint density at radius 3 is 2.62 bits per heavy atom. The highest BCUT2D eigenvalue weighted by Gasteiger charge is 2.15. The van der Waals surface area contributed by atoms with Gasteiger partial charge in [0.25, 0.3) is 0 Å². The number of aromatic nitrogens is 2. The molecule has 2 aromatic heterocycles. The summed E-state index contributed by atoms with van der Waals surface area (Å²) in [4.78, 5) is 7.60. The molecule has 0 radical (unpaired) electrons. The Kier molecular flexibility index (Phi) is 5.93. The summed E-state index contributed by atoms with van der Waals surface area (Å²) in [7, 11) is 1.69. The molecule has 0 bridgehead atoms. The van der Waals surface area contributed by atoms with E-state index in [1.165, 1.54) is 28.7 Å². The van der Waals surface area contributed by atoms with Crippen LogP contribution >= 0.6 is 0 Å². The number of methoxy groups -OCH3 is 1. The summed E-state index contributed by atoms with van der Waals surface area (Å²) >= 11 is 0. The maximum Gasteiger partial charge on any atom is 0.142 e. The third kappa shape index (κ3) is 4.40. The Morgan fingerprint density at radius 2 is 1.81 bits per heavy atom. The van der Waals surface area contributed by atoms with Crippen LogP contribution in [0.5, 0.6) is 5.75 Å². The third-order valence-electron chi connectivity index (χ3n) is 6.19. The van der Waals surface area contributed by atoms with Crippen LogP contribution in [0.15, 0.2) is 67.0 Å². The molecule has 0 saturated carbocycles. The molecule has 0 spiro atoms. The number of aryl methyl sites for hydroxylation is 1. The van der Waals surface area contributed by atoms with E-state index < -0.39 is 0 Å². The zero-order valence-electron chi connectivity index (χ0n) is 18.8. The van der Waals surface area contributed by atoms with Crippen molar-refractivity contribution >= 4 is 5.65 Å². The number of fused-ring (bicyclic) bond motifs is 1. The van der Waals surface area contributed by atoms with Crippen molar-refractivity contribution in [3.63, 3.8) is 0 Å². The predicted octanol–water partition coefficient (Wildman–Crippen LogP) is 4.78. The van der Waals surface area contributed by atoms with Gasteiger partial charge in [0.15, 0.2) is 0 Å². The van der Waals surface area contributed by atoms with Crippen molar-refractivity contribution < 1.29 is 4.74 Å². The van der Waals surface area contributed by atoms with Crippen molar-refractivity contribution in [3.05, 3.63) is 78.1 Å². The van der Waals surface area contributed by atoms with Crippen LogP contribution in [-0.4, -0.2) is 47.6 Å². The molecule has 1 aliphatic rings. The number of ether oxygens (including phenoxy) is 1. The molecule has 4 aromatic rings. The monoisotopic (exact) mass is 426 g/mol. The van der Waals surface area contributed by atoms with Gasteiger partial charge in [-0.05, 0) is 67.9 Å². The summed E-state index contributed by atoms with van der Waals surface area (Å²) in [6.07, 6.45) is 5.53. The van der Waals surface area contributed by atoms with E-state index in [9.17, 15) is 0 Å². The Balaban J connectivity index is 1.59. The Hall–Kier alpha value is -3.15. The summed E-state index contributed by atoms with van der Waals surface area (Å²) in [6, 6.07) is 19.2. The number of rotatable bonds is 5. The lowest BCUT2D eigenvalue weighted by Crippen LogP contribution is -2.27. The second-order valence-electron chi connectivity index (χ2n) is 8.59. The molecule has 1 saturated heterocycles. The standard InChI is InChI=1S/C27H30N4O/c1-20-5-3-6-22(15-20)23-16-24(17-30-13-4-11-28-12-14-30)27-29-26(19-31(27)18-23)21-7-9-25(32-2)10-8-21/h3,5-10,15-16,18-19,28H,4,11-14,17H2,1-2H3. The summed E-state index contributed by atoms with van der Waals surface area (Å²) in [5.74, 6) is 0.856. The average molecular weight is 427 g/mol. The molecule has 0 unspecified atom stereocenters. The highest BCUT2D eigenvalue weighted by molar-refractivity contribution is 5.71. The maximum absolute atomic E-state index is 5.32. The highest BCUT2D eigenvalue weighted by Crippen LogP contribution is 2.28. The van der Waals surface area contributed by atoms with Crippen molar-refractivity contribution in [2.75, 3.05) is 33.3 Å². The van der Waals surface area contributed by atoms with Crippen molar-refractivity contribution in [1.82, 2.24) is 19.6 Å². The van der Waals surface area contributed by atoms with E-state index in [1.807, 2.05) is 12.1 Å². The number of pyridine rings is 1. The largest absolute Gasteiger partial charge is 0.497 e. The van der Waals surface area contributed by atoms with E-state index >= 15 is 0 Å². The lowest BCUT2D eigenvalue weighted by Gasteiger charge is -2.20. The lowest BCUT2D eigenvalue weighted by atomic mass is 10.0. The number of benzene rings is 2. The fraction of sp³-hybridized carbons (Fsp3) is 0.296. The zero-order chi connectivity index (χ0) is 21.9. The van der Waals surface area contributed by atoms with Gasteiger partial charge < -0.3 is 14.5 Å². The number of hydrogen-bond donors (Lipinski definition) is 1. The second-order valence-corrected chi connectivity index (χ2v) is 8.59. The molecule has 32 heavy (non-hydrogen) atoms. The van der Waals surface area contributed by atoms with Crippen molar-refractivity contribution in [2.45, 2.75) is 19.9 Å². The molecule has 0 amide bonds. The number of imidazole rings is 1. The molecular formula is C27H30N4O. The van der Waals surface area contributed by atoms with Gasteiger partial charge in [-0.3, -0.25) is 4.90 Å². The summed E-state index contributed by atoms with van der Waals surface area (Å²) in [5.41, 5.74) is 8.11. The minimum atomic E-state index is 0.856. The van der Waals surface area contributed by atoms with Crippen LogP contribution in [0.2, 0.25) is 0 Å². The summed E-state index contributed by atoms with van der Waals surface area (Å²) in [6.45, 7) is 7.36. The van der Waals surface area contributed by atoms with Crippen molar-refractivity contribution in [2.24, 2.45) is 0 Å². The van der Waals surface area contributed by atoms with Crippen LogP contribution in [0.25, 0.3) is 28.0 Å². The first-order valence-electron chi connectivity index (χ1n) is 11.4. The van der Waals surface area contributed by atoms with Gasteiger partial charge in [-0.2, -0.15) is 0 Å². The van der Waals surface area contributed by atoms with E-state index in [-0.39, 0.29) is 0 Å². The maximum atomic E-state index is 5.32. The minimum absolute atomic E-state index is 0.856. The molecule has 164 valence electrons. The SMILES string of the molecule is COc1ccc(-c2cn3cc(-c4cccc(C)c4)cc(CN4CCCNCC4)c3n2)cc1. The van der Waals surface area contributed by atoms with Gasteiger partial charge in [-0.15, -0.1) is 0 Å². The number of nitrogens with zero attached hydrogens (tertiary/aromatic N) is 3. The topological polar surface area (TPSA) is 41.8 Å². The van der Waals surface area contributed by atoms with Gasteiger partial charge in [-0.1, -0.05) is 29.8 Å². The predicted molar refractivity (Wildman–Crippen MR) is 130 cm³/mol. The summed E-state index contributed by atoms with van der Waals surface area (Å²) < 4.78 is 7.51. The number of hydrogen-bond acceptors (Lipinski definition) is 4. The Bertz CT molecular complexity index is 1200. The smallest absolute Gasteiger partial charge is 0.142 e. The molecular weight excluding hydrogens is 396 g/mol. The van der Waals surface area contributed by atoms with E-state index in [4.69, 9.17) is 9.72 Å². The van der Waals surface area contributed by atoms with Crippen LogP contribution in [0, 0.1) is 6.92 Å². The molecule has 0 aliphatic carbocycles. The molecule has 3 heterocycles. The normalized spacial score (nSPS) is 15.1. The highest BCUT2D eigenvalue weighted by atomic mass is 16.5. The van der Waals surface area contributed by atoms with Crippen molar-refractivity contribution in [3.8, 4) is 28.1 Å². The quantitative estimate of drug-likeness (QED) is 0.499. The molecule has 1 N–H and O–H groups in total. The molecule has 5 nitrogen and oxygen atoms in total. The minimum Gasteiger partial charge on any atom is -0.497 e. The third-order valence-corrected chi connectivity index (χ3v) is 6.19. The second kappa shape index (κ2) is 9.15. The molecule has 0 atom stereocenters. The first-order chi connectivity index (χ1) is 15.7. The Morgan fingerprint density at radius 1 is 0.938 bits per heavy atom. The fourth-order valence-corrected chi connectivity index (χ4v) is 4.47. The van der Waals surface area contributed by atoms with E-state index in [2.05, 4.69) is 76.4 Å². The van der Waals surface area contributed by atoms with E-state index in [1.54, 1.807) is 7.11 Å². The van der Waals surface area contributed by atoms with Crippen LogP contribution in [0.3, 0.4) is 0 Å². The van der Waals surface area contributed by atoms with Gasteiger partial charge in [-0.25, -0.2) is 4.98 Å². The molecule has 5 heteroatoms. The Labute approximate surface area is 189 Å². The fourth-order valence-electron chi connectivity index (χ4n) is 4.47. The van der Waals surface area contributed by atoms with E-state index in [0.29, 0.717) is 0 Å². The van der Waals surface area contributed by atoms with Crippen LogP contribution in [-0.2, 0) is 6.54 Å². The summed E-state index contributed by atoms with van der Waals surface area (Å²) in [5, 5.41) is 3.51. The molecule has 1 fully saturated rings. The van der Waals surface area contributed by atoms with Crippen LogP contribution in [0.4, 0.5) is 0 Å². The first-order valence-corrected chi connectivity index (χ1v) is 11.4. The van der Waals surface area contributed by atoms with E-state index in [0.717, 1.165) is 55.4 Å². The lowest BCUT2D eigenvalue weighted by molar-refractivity contribution is 0.285.